The average Bonchev–Trinajstić information content (AvgIpc) is 3.09. The largest absolute Gasteiger partial charge is 1.00 e. The molecule has 0 aliphatic heterocycles. The van der Waals surface area contributed by atoms with Gasteiger partial charge in [-0.1, -0.05) is 12.1 Å². The Bertz CT molecular complexity index is 769. The molecule has 1 aromatic heterocycles. The number of rotatable bonds is 7. The number of nitrogens with one attached hydrogen (secondary N) is 1. The zero-order valence-corrected chi connectivity index (χ0v) is 14.7. The molecule has 0 saturated carbocycles. The van der Waals surface area contributed by atoms with Gasteiger partial charge in [-0.05, 0) is 67.1 Å². The van der Waals surface area contributed by atoms with E-state index >= 15 is 0 Å². The van der Waals surface area contributed by atoms with E-state index in [0.717, 1.165) is 35.8 Å². The molecular weight excluding hydrogens is 341 g/mol. The van der Waals surface area contributed by atoms with Gasteiger partial charge in [0.2, 0.25) is 0 Å². The summed E-state index contributed by atoms with van der Waals surface area (Å²) in [7, 11) is 1.67. The van der Waals surface area contributed by atoms with Crippen molar-refractivity contribution in [1.82, 2.24) is 5.32 Å². The van der Waals surface area contributed by atoms with E-state index in [9.17, 15) is 4.39 Å². The fraction of sp³-hybridized carbons (Fsp3) is 0.200. The van der Waals surface area contributed by atoms with E-state index in [4.69, 9.17) is 9.15 Å². The molecule has 132 valence electrons. The predicted molar refractivity (Wildman–Crippen MR) is 92.5 cm³/mol. The summed E-state index contributed by atoms with van der Waals surface area (Å²) in [6.07, 6.45) is 0.940. The minimum absolute atomic E-state index is 0. The minimum Gasteiger partial charge on any atom is -1.00 e. The first-order chi connectivity index (χ1) is 11.7. The topological polar surface area (TPSA) is 34.4 Å². The first-order valence-corrected chi connectivity index (χ1v) is 7.93. The second-order valence-electron chi connectivity index (χ2n) is 5.55. The van der Waals surface area contributed by atoms with Gasteiger partial charge in [0.15, 0.2) is 0 Å². The van der Waals surface area contributed by atoms with E-state index in [1.165, 1.54) is 17.7 Å². The van der Waals surface area contributed by atoms with Crippen LogP contribution >= 0.6 is 0 Å². The van der Waals surface area contributed by atoms with Gasteiger partial charge in [0.05, 0.1) is 13.7 Å². The van der Waals surface area contributed by atoms with E-state index in [0.29, 0.717) is 6.54 Å². The highest BCUT2D eigenvalue weighted by Crippen LogP contribution is 2.22. The summed E-state index contributed by atoms with van der Waals surface area (Å²) in [6.45, 7) is 1.52. The number of hydrogen-bond acceptors (Lipinski definition) is 3. The third-order valence-corrected chi connectivity index (χ3v) is 3.84. The number of methoxy groups -OCH3 is 1. The van der Waals surface area contributed by atoms with Crippen LogP contribution in [0.25, 0.3) is 11.3 Å². The Hall–Kier alpha value is -2.30. The van der Waals surface area contributed by atoms with Crippen LogP contribution in [0.3, 0.4) is 0 Å². The number of halogens is 2. The van der Waals surface area contributed by atoms with Crippen LogP contribution in [-0.2, 0) is 13.0 Å². The van der Waals surface area contributed by atoms with Crippen molar-refractivity contribution in [3.8, 4) is 17.1 Å². The smallest absolute Gasteiger partial charge is 0.134 e. The van der Waals surface area contributed by atoms with E-state index in [1.54, 1.807) is 19.2 Å². The fourth-order valence-corrected chi connectivity index (χ4v) is 2.48. The van der Waals surface area contributed by atoms with Crippen LogP contribution in [0.15, 0.2) is 65.1 Å². The molecule has 0 amide bonds. The van der Waals surface area contributed by atoms with Gasteiger partial charge >= 0.3 is 0 Å². The Labute approximate surface area is 153 Å². The van der Waals surface area contributed by atoms with Crippen molar-refractivity contribution >= 4 is 0 Å². The minimum atomic E-state index is -0.245. The highest BCUT2D eigenvalue weighted by atomic mass is 35.5. The molecule has 2 aromatic carbocycles. The molecule has 0 bridgehead atoms. The third-order valence-electron chi connectivity index (χ3n) is 3.84. The monoisotopic (exact) mass is 360 g/mol. The van der Waals surface area contributed by atoms with Gasteiger partial charge in [0.25, 0.3) is 0 Å². The molecular formula is C20H20ClFNO2-. The maximum atomic E-state index is 12.9. The van der Waals surface area contributed by atoms with Crippen molar-refractivity contribution in [2.45, 2.75) is 13.0 Å². The fourth-order valence-electron chi connectivity index (χ4n) is 2.48. The van der Waals surface area contributed by atoms with Crippen LogP contribution in [0.5, 0.6) is 5.75 Å². The molecule has 0 unspecified atom stereocenters. The maximum Gasteiger partial charge on any atom is 0.134 e. The van der Waals surface area contributed by atoms with Gasteiger partial charge in [-0.3, -0.25) is 0 Å². The average molecular weight is 361 g/mol. The zero-order chi connectivity index (χ0) is 16.8. The molecule has 3 nitrogen and oxygen atoms in total. The summed E-state index contributed by atoms with van der Waals surface area (Å²) < 4.78 is 23.9. The lowest BCUT2D eigenvalue weighted by Crippen LogP contribution is -3.00. The normalized spacial score (nSPS) is 10.3. The lowest BCUT2D eigenvalue weighted by molar-refractivity contribution is -0.00000634. The molecule has 3 rings (SSSR count). The molecule has 0 spiro atoms. The van der Waals surface area contributed by atoms with Crippen molar-refractivity contribution in [3.05, 3.63) is 77.8 Å². The number of hydrogen-bond donors (Lipinski definition) is 1. The first-order valence-electron chi connectivity index (χ1n) is 7.93. The lowest BCUT2D eigenvalue weighted by Gasteiger charge is -2.05. The third kappa shape index (κ3) is 5.34. The standard InChI is InChI=1S/C20H20FNO2.ClH/c1-23-18-8-2-15(3-9-18)12-13-22-14-19-10-11-20(24-19)16-4-6-17(21)7-5-16;/h2-11,22H,12-14H2,1H3;1H/p-1. The van der Waals surface area contributed by atoms with Crippen LogP contribution in [-0.4, -0.2) is 13.7 Å². The Kier molecular flexibility index (Phi) is 7.04. The molecule has 3 aromatic rings. The molecule has 0 aliphatic rings. The van der Waals surface area contributed by atoms with Gasteiger partial charge in [0, 0.05) is 5.56 Å². The van der Waals surface area contributed by atoms with Crippen molar-refractivity contribution < 1.29 is 26.0 Å². The van der Waals surface area contributed by atoms with Gasteiger partial charge in [-0.25, -0.2) is 4.39 Å². The van der Waals surface area contributed by atoms with Crippen LogP contribution in [0.2, 0.25) is 0 Å². The summed E-state index contributed by atoms with van der Waals surface area (Å²) in [5.74, 6) is 2.24. The summed E-state index contributed by atoms with van der Waals surface area (Å²) in [4.78, 5) is 0. The van der Waals surface area contributed by atoms with Crippen molar-refractivity contribution in [3.63, 3.8) is 0 Å². The van der Waals surface area contributed by atoms with Crippen molar-refractivity contribution in [2.75, 3.05) is 13.7 Å². The zero-order valence-electron chi connectivity index (χ0n) is 14.0. The molecule has 0 saturated heterocycles. The van der Waals surface area contributed by atoms with E-state index in [1.807, 2.05) is 24.3 Å². The molecule has 0 aliphatic carbocycles. The van der Waals surface area contributed by atoms with Gasteiger partial charge in [-0.2, -0.15) is 0 Å². The second kappa shape index (κ2) is 9.25. The van der Waals surface area contributed by atoms with Crippen LogP contribution in [0.4, 0.5) is 4.39 Å². The number of benzene rings is 2. The number of furan rings is 1. The molecule has 0 fully saturated rings. The Morgan fingerprint density at radius 1 is 0.960 bits per heavy atom. The molecule has 25 heavy (non-hydrogen) atoms. The van der Waals surface area contributed by atoms with Gasteiger partial charge < -0.3 is 26.9 Å². The highest BCUT2D eigenvalue weighted by Gasteiger charge is 2.05. The molecule has 0 atom stereocenters. The van der Waals surface area contributed by atoms with Gasteiger partial charge in [-0.15, -0.1) is 0 Å². The van der Waals surface area contributed by atoms with Crippen molar-refractivity contribution in [2.24, 2.45) is 0 Å². The Morgan fingerprint density at radius 3 is 2.36 bits per heavy atom. The summed E-state index contributed by atoms with van der Waals surface area (Å²) in [6, 6.07) is 18.2. The Balaban J connectivity index is 0.00000225. The van der Waals surface area contributed by atoms with E-state index in [2.05, 4.69) is 17.4 Å². The molecule has 5 heteroatoms. The molecule has 1 heterocycles. The molecule has 1 N–H and O–H groups in total. The van der Waals surface area contributed by atoms with Crippen LogP contribution < -0.4 is 22.5 Å². The lowest BCUT2D eigenvalue weighted by atomic mass is 10.1. The first kappa shape index (κ1) is 19.0. The summed E-state index contributed by atoms with van der Waals surface area (Å²) >= 11 is 0. The van der Waals surface area contributed by atoms with E-state index in [-0.39, 0.29) is 18.2 Å². The molecule has 0 radical (unpaired) electrons. The quantitative estimate of drug-likeness (QED) is 0.647. The van der Waals surface area contributed by atoms with E-state index < -0.39 is 0 Å². The Morgan fingerprint density at radius 2 is 1.68 bits per heavy atom. The number of ether oxygens (including phenoxy) is 1. The maximum absolute atomic E-state index is 12.9. The van der Waals surface area contributed by atoms with Crippen molar-refractivity contribution in [1.29, 1.82) is 0 Å². The SMILES string of the molecule is COc1ccc(CCNCc2ccc(-c3ccc(F)cc3)o2)cc1.[Cl-]. The second-order valence-corrected chi connectivity index (χ2v) is 5.55. The summed E-state index contributed by atoms with van der Waals surface area (Å²) in [5, 5.41) is 3.37. The highest BCUT2D eigenvalue weighted by molar-refractivity contribution is 5.57. The predicted octanol–water partition coefficient (Wildman–Crippen LogP) is 1.43. The van der Waals surface area contributed by atoms with Crippen LogP contribution in [0.1, 0.15) is 11.3 Å². The van der Waals surface area contributed by atoms with Crippen LogP contribution in [0, 0.1) is 5.82 Å². The summed E-state index contributed by atoms with van der Waals surface area (Å²) in [5.41, 5.74) is 2.13. The van der Waals surface area contributed by atoms with Gasteiger partial charge in [0.1, 0.15) is 23.1 Å².